The van der Waals surface area contributed by atoms with Crippen LogP contribution >= 0.6 is 0 Å². The van der Waals surface area contributed by atoms with Gasteiger partial charge in [0.2, 0.25) is 11.8 Å². The Morgan fingerprint density at radius 1 is 1.17 bits per heavy atom. The van der Waals surface area contributed by atoms with Crippen LogP contribution < -0.4 is 16.4 Å². The largest absolute Gasteiger partial charge is 0.451 e. The van der Waals surface area contributed by atoms with Crippen LogP contribution in [-0.2, 0) is 16.0 Å². The molecule has 1 unspecified atom stereocenters. The lowest BCUT2D eigenvalue weighted by Crippen LogP contribution is -2.58. The molecular weight excluding hydrogens is 369 g/mol. The normalized spacial score (nSPS) is 16.9. The summed E-state index contributed by atoms with van der Waals surface area (Å²) in [4.78, 5) is 26.2. The van der Waals surface area contributed by atoms with E-state index in [4.69, 9.17) is 15.8 Å². The molecule has 8 heteroatoms. The molecule has 0 spiro atoms. The Kier molecular flexibility index (Phi) is 8.25. The fourth-order valence-electron chi connectivity index (χ4n) is 4.01. The van der Waals surface area contributed by atoms with E-state index in [0.29, 0.717) is 32.1 Å². The zero-order valence-corrected chi connectivity index (χ0v) is 17.5. The van der Waals surface area contributed by atoms with Crippen LogP contribution in [0.5, 0.6) is 0 Å². The Morgan fingerprint density at radius 2 is 1.79 bits per heavy atom. The van der Waals surface area contributed by atoms with Gasteiger partial charge in [0.05, 0.1) is 6.17 Å². The summed E-state index contributed by atoms with van der Waals surface area (Å²) in [5.41, 5.74) is 5.52. The van der Waals surface area contributed by atoms with Crippen LogP contribution in [0, 0.1) is 5.41 Å². The molecule has 7 nitrogen and oxygen atoms in total. The molecule has 1 aliphatic rings. The Hall–Kier alpha value is -1.90. The average Bonchev–Trinajstić information content (AvgIpc) is 3.12. The highest BCUT2D eigenvalue weighted by Crippen LogP contribution is 2.39. The maximum atomic E-state index is 13.2. The standard InChI is InChI=1S/C21H34BN3O4/c1-20(2,15-16-9-4-3-5-10-16)25-19(27)21(12-6-7-13-21)18(26)24-17(23)11-8-14-22(28)29/h3-5,9-10,17,28-29H,6-8,11-15,23H2,1-2H3,(H,24,26)(H,25,27). The van der Waals surface area contributed by atoms with E-state index in [9.17, 15) is 9.59 Å². The molecule has 0 aliphatic heterocycles. The lowest BCUT2D eigenvalue weighted by Gasteiger charge is -2.34. The first-order valence-corrected chi connectivity index (χ1v) is 10.4. The van der Waals surface area contributed by atoms with Crippen molar-refractivity contribution >= 4 is 18.9 Å². The molecule has 160 valence electrons. The lowest BCUT2D eigenvalue weighted by atomic mass is 9.81. The third kappa shape index (κ3) is 6.84. The van der Waals surface area contributed by atoms with Crippen LogP contribution in [0.25, 0.3) is 0 Å². The van der Waals surface area contributed by atoms with Crippen molar-refractivity contribution in [1.82, 2.24) is 10.6 Å². The van der Waals surface area contributed by atoms with Gasteiger partial charge in [-0.05, 0) is 51.4 Å². The van der Waals surface area contributed by atoms with Crippen LogP contribution in [0.2, 0.25) is 6.32 Å². The van der Waals surface area contributed by atoms with E-state index in [0.717, 1.165) is 18.4 Å². The summed E-state index contributed by atoms with van der Waals surface area (Å²) in [7, 11) is -1.38. The van der Waals surface area contributed by atoms with Crippen molar-refractivity contribution in [2.24, 2.45) is 11.1 Å². The molecule has 1 aromatic rings. The highest BCUT2D eigenvalue weighted by Gasteiger charge is 2.49. The van der Waals surface area contributed by atoms with Gasteiger partial charge in [0.15, 0.2) is 0 Å². The molecule has 0 heterocycles. The molecule has 29 heavy (non-hydrogen) atoms. The first-order valence-electron chi connectivity index (χ1n) is 10.4. The molecule has 1 fully saturated rings. The number of nitrogens with one attached hydrogen (secondary N) is 2. The Bertz CT molecular complexity index is 676. The van der Waals surface area contributed by atoms with Gasteiger partial charge >= 0.3 is 7.12 Å². The summed E-state index contributed by atoms with van der Waals surface area (Å²) >= 11 is 0. The summed E-state index contributed by atoms with van der Waals surface area (Å²) < 4.78 is 0. The second-order valence-electron chi connectivity index (χ2n) is 8.78. The predicted octanol–water partition coefficient (Wildman–Crippen LogP) is 1.34. The maximum Gasteiger partial charge on any atom is 0.451 e. The number of carbonyl (C=O) groups excluding carboxylic acids is 2. The highest BCUT2D eigenvalue weighted by molar-refractivity contribution is 6.40. The SMILES string of the molecule is CC(C)(Cc1ccccc1)NC(=O)C1(C(=O)NC(N)CCCB(O)O)CCCC1. The third-order valence-electron chi connectivity index (χ3n) is 5.56. The summed E-state index contributed by atoms with van der Waals surface area (Å²) in [6.07, 6.45) is 3.80. The zero-order valence-electron chi connectivity index (χ0n) is 17.5. The number of nitrogens with two attached hydrogens (primary N) is 1. The van der Waals surface area contributed by atoms with Crippen LogP contribution in [0.15, 0.2) is 30.3 Å². The smallest absolute Gasteiger partial charge is 0.427 e. The number of rotatable bonds is 10. The molecule has 2 amide bonds. The Labute approximate surface area is 173 Å². The van der Waals surface area contributed by atoms with Gasteiger partial charge in [-0.25, -0.2) is 0 Å². The van der Waals surface area contributed by atoms with Gasteiger partial charge in [-0.15, -0.1) is 0 Å². The van der Waals surface area contributed by atoms with Gasteiger partial charge < -0.3 is 26.4 Å². The van der Waals surface area contributed by atoms with Crippen LogP contribution in [-0.4, -0.2) is 40.7 Å². The summed E-state index contributed by atoms with van der Waals surface area (Å²) in [6.45, 7) is 3.93. The van der Waals surface area contributed by atoms with E-state index in [1.165, 1.54) is 0 Å². The zero-order chi connectivity index (χ0) is 21.5. The van der Waals surface area contributed by atoms with Crippen molar-refractivity contribution in [1.29, 1.82) is 0 Å². The quantitative estimate of drug-likeness (QED) is 0.229. The lowest BCUT2D eigenvalue weighted by molar-refractivity contribution is -0.144. The van der Waals surface area contributed by atoms with E-state index < -0.39 is 24.2 Å². The average molecular weight is 403 g/mol. The topological polar surface area (TPSA) is 125 Å². The Morgan fingerprint density at radius 3 is 2.38 bits per heavy atom. The second kappa shape index (κ2) is 10.2. The first kappa shape index (κ1) is 23.4. The van der Waals surface area contributed by atoms with Gasteiger partial charge in [-0.2, -0.15) is 0 Å². The van der Waals surface area contributed by atoms with E-state index in [1.807, 2.05) is 44.2 Å². The minimum absolute atomic E-state index is 0.197. The minimum atomic E-state index is -1.38. The summed E-state index contributed by atoms with van der Waals surface area (Å²) in [6, 6.07) is 9.94. The van der Waals surface area contributed by atoms with E-state index in [2.05, 4.69) is 10.6 Å². The number of amides is 2. The van der Waals surface area contributed by atoms with Gasteiger partial charge in [0.25, 0.3) is 0 Å². The Balaban J connectivity index is 2.00. The fourth-order valence-corrected chi connectivity index (χ4v) is 4.01. The van der Waals surface area contributed by atoms with Gasteiger partial charge in [-0.3, -0.25) is 9.59 Å². The summed E-state index contributed by atoms with van der Waals surface area (Å²) in [5.74, 6) is -0.577. The van der Waals surface area contributed by atoms with Crippen molar-refractivity contribution in [3.8, 4) is 0 Å². The molecule has 2 rings (SSSR count). The molecule has 1 aromatic carbocycles. The third-order valence-corrected chi connectivity index (χ3v) is 5.56. The number of benzene rings is 1. The number of hydrogen-bond acceptors (Lipinski definition) is 5. The molecule has 0 saturated heterocycles. The van der Waals surface area contributed by atoms with E-state index in [1.54, 1.807) is 0 Å². The minimum Gasteiger partial charge on any atom is -0.427 e. The molecule has 1 saturated carbocycles. The number of hydrogen-bond donors (Lipinski definition) is 5. The second-order valence-corrected chi connectivity index (χ2v) is 8.78. The van der Waals surface area contributed by atoms with Crippen molar-refractivity contribution in [2.75, 3.05) is 0 Å². The maximum absolute atomic E-state index is 13.2. The van der Waals surface area contributed by atoms with Crippen LogP contribution in [0.4, 0.5) is 0 Å². The van der Waals surface area contributed by atoms with Gasteiger partial charge in [0, 0.05) is 5.54 Å². The molecule has 1 aliphatic carbocycles. The van der Waals surface area contributed by atoms with Gasteiger partial charge in [-0.1, -0.05) is 49.6 Å². The van der Waals surface area contributed by atoms with Crippen molar-refractivity contribution < 1.29 is 19.6 Å². The predicted molar refractivity (Wildman–Crippen MR) is 114 cm³/mol. The first-order chi connectivity index (χ1) is 13.6. The summed E-state index contributed by atoms with van der Waals surface area (Å²) in [5, 5.41) is 23.7. The van der Waals surface area contributed by atoms with E-state index >= 15 is 0 Å². The van der Waals surface area contributed by atoms with Crippen LogP contribution in [0.3, 0.4) is 0 Å². The molecule has 0 aromatic heterocycles. The number of carbonyl (C=O) groups is 2. The van der Waals surface area contributed by atoms with Gasteiger partial charge in [0.1, 0.15) is 5.41 Å². The molecule has 1 atom stereocenters. The highest BCUT2D eigenvalue weighted by atomic mass is 16.4. The fraction of sp³-hybridized carbons (Fsp3) is 0.619. The molecule has 6 N–H and O–H groups in total. The molecular formula is C21H34BN3O4. The monoisotopic (exact) mass is 403 g/mol. The van der Waals surface area contributed by atoms with Crippen molar-refractivity contribution in [3.63, 3.8) is 0 Å². The van der Waals surface area contributed by atoms with Crippen LogP contribution in [0.1, 0.15) is 57.9 Å². The molecule has 0 radical (unpaired) electrons. The van der Waals surface area contributed by atoms with Crippen molar-refractivity contribution in [3.05, 3.63) is 35.9 Å². The molecule has 0 bridgehead atoms. The van der Waals surface area contributed by atoms with E-state index in [-0.39, 0.29) is 18.1 Å². The van der Waals surface area contributed by atoms with Crippen molar-refractivity contribution in [2.45, 2.75) is 76.8 Å².